The normalized spacial score (nSPS) is 10.9. The summed E-state index contributed by atoms with van der Waals surface area (Å²) in [6.45, 7) is 5.91. The Bertz CT molecular complexity index is 532. The molecule has 0 fully saturated rings. The highest BCUT2D eigenvalue weighted by Gasteiger charge is 2.13. The number of aromatic nitrogens is 2. The van der Waals surface area contributed by atoms with Gasteiger partial charge < -0.3 is 10.2 Å². The molecule has 0 saturated carbocycles. The maximum atomic E-state index is 4.73. The molecule has 0 aliphatic carbocycles. The zero-order chi connectivity index (χ0) is 13.8. The van der Waals surface area contributed by atoms with Crippen LogP contribution in [0.3, 0.4) is 0 Å². The Labute approximate surface area is 122 Å². The minimum atomic E-state index is 0.819. The summed E-state index contributed by atoms with van der Waals surface area (Å²) in [6, 6.07) is 0. The minimum absolute atomic E-state index is 0.819. The number of nitrogens with one attached hydrogen (secondary N) is 1. The van der Waals surface area contributed by atoms with Crippen LogP contribution in [0, 0.1) is 6.92 Å². The van der Waals surface area contributed by atoms with Crippen molar-refractivity contribution < 1.29 is 0 Å². The Balaban J connectivity index is 2.12. The molecule has 0 bridgehead atoms. The van der Waals surface area contributed by atoms with E-state index in [2.05, 4.69) is 34.6 Å². The Hall–Kier alpha value is -0.980. The molecule has 0 aliphatic heterocycles. The van der Waals surface area contributed by atoms with Gasteiger partial charge in [0.05, 0.1) is 22.9 Å². The molecule has 0 amide bonds. The summed E-state index contributed by atoms with van der Waals surface area (Å²) in [5, 5.41) is 7.52. The molecule has 0 atom stereocenters. The molecular weight excluding hydrogens is 276 g/mol. The molecule has 2 aromatic rings. The second kappa shape index (κ2) is 6.45. The van der Waals surface area contributed by atoms with Crippen LogP contribution >= 0.6 is 22.7 Å². The van der Waals surface area contributed by atoms with E-state index >= 15 is 0 Å². The van der Waals surface area contributed by atoms with E-state index in [1.165, 1.54) is 10.6 Å². The maximum absolute atomic E-state index is 4.73. The van der Waals surface area contributed by atoms with E-state index in [-0.39, 0.29) is 0 Å². The number of thiazole rings is 2. The second-order valence-corrected chi connectivity index (χ2v) is 6.59. The van der Waals surface area contributed by atoms with E-state index in [1.807, 2.05) is 14.0 Å². The third-order valence-corrected chi connectivity index (χ3v) is 4.87. The molecule has 2 heterocycles. The van der Waals surface area contributed by atoms with Crippen LogP contribution in [0.25, 0.3) is 0 Å². The fraction of sp³-hybridized carbons (Fsp3) is 0.538. The van der Waals surface area contributed by atoms with Gasteiger partial charge in [-0.2, -0.15) is 0 Å². The summed E-state index contributed by atoms with van der Waals surface area (Å²) in [6.07, 6.45) is 0.983. The summed E-state index contributed by atoms with van der Waals surface area (Å²) >= 11 is 3.47. The standard InChI is InChI=1S/C13H20N4S2/c1-5-11-12(6-14-3)19-13(16-11)17(4)7-10-8-18-9(2)15-10/h8,14H,5-7H2,1-4H3. The van der Waals surface area contributed by atoms with E-state index in [4.69, 9.17) is 4.98 Å². The quantitative estimate of drug-likeness (QED) is 0.890. The summed E-state index contributed by atoms with van der Waals surface area (Å²) < 4.78 is 0. The van der Waals surface area contributed by atoms with Crippen molar-refractivity contribution in [3.8, 4) is 0 Å². The zero-order valence-corrected chi connectivity index (χ0v) is 13.5. The van der Waals surface area contributed by atoms with Crippen LogP contribution in [0.2, 0.25) is 0 Å². The fourth-order valence-electron chi connectivity index (χ4n) is 1.90. The van der Waals surface area contributed by atoms with Gasteiger partial charge in [-0.05, 0) is 20.4 Å². The maximum Gasteiger partial charge on any atom is 0.185 e. The molecule has 0 spiro atoms. The minimum Gasteiger partial charge on any atom is -0.345 e. The number of hydrogen-bond acceptors (Lipinski definition) is 6. The summed E-state index contributed by atoms with van der Waals surface area (Å²) in [5.74, 6) is 0. The molecule has 104 valence electrons. The van der Waals surface area contributed by atoms with Crippen molar-refractivity contribution >= 4 is 27.8 Å². The third-order valence-electron chi connectivity index (χ3n) is 2.83. The molecule has 0 aliphatic rings. The van der Waals surface area contributed by atoms with Gasteiger partial charge in [0.25, 0.3) is 0 Å². The van der Waals surface area contributed by atoms with E-state index in [9.17, 15) is 0 Å². The van der Waals surface area contributed by atoms with E-state index in [0.29, 0.717) is 0 Å². The topological polar surface area (TPSA) is 41.1 Å². The van der Waals surface area contributed by atoms with E-state index in [1.54, 1.807) is 22.7 Å². The van der Waals surface area contributed by atoms with Crippen LogP contribution in [-0.2, 0) is 19.5 Å². The average Bonchev–Trinajstić information content (AvgIpc) is 2.96. The van der Waals surface area contributed by atoms with Crippen LogP contribution < -0.4 is 10.2 Å². The third kappa shape index (κ3) is 3.52. The molecule has 6 heteroatoms. The van der Waals surface area contributed by atoms with Crippen molar-refractivity contribution in [2.45, 2.75) is 33.4 Å². The SMILES string of the molecule is CCc1nc(N(C)Cc2csc(C)n2)sc1CNC. The van der Waals surface area contributed by atoms with Gasteiger partial charge in [0, 0.05) is 23.8 Å². The number of aryl methyl sites for hydroxylation is 2. The van der Waals surface area contributed by atoms with Gasteiger partial charge in [0.2, 0.25) is 0 Å². The first-order chi connectivity index (χ1) is 9.13. The van der Waals surface area contributed by atoms with Gasteiger partial charge in [-0.15, -0.1) is 22.7 Å². The zero-order valence-electron chi connectivity index (χ0n) is 11.9. The largest absolute Gasteiger partial charge is 0.345 e. The lowest BCUT2D eigenvalue weighted by molar-refractivity contribution is 0.813. The van der Waals surface area contributed by atoms with Crippen molar-refractivity contribution in [2.75, 3.05) is 19.0 Å². The van der Waals surface area contributed by atoms with Crippen molar-refractivity contribution in [2.24, 2.45) is 0 Å². The van der Waals surface area contributed by atoms with Gasteiger partial charge in [0.15, 0.2) is 5.13 Å². The summed E-state index contributed by atoms with van der Waals surface area (Å²) in [4.78, 5) is 12.7. The Morgan fingerprint density at radius 1 is 1.37 bits per heavy atom. The lowest BCUT2D eigenvalue weighted by Crippen LogP contribution is -2.16. The van der Waals surface area contributed by atoms with Gasteiger partial charge in [-0.25, -0.2) is 9.97 Å². The monoisotopic (exact) mass is 296 g/mol. The Morgan fingerprint density at radius 3 is 2.74 bits per heavy atom. The predicted octanol–water partition coefficient (Wildman–Crippen LogP) is 2.83. The molecule has 0 radical (unpaired) electrons. The van der Waals surface area contributed by atoms with Crippen LogP contribution in [0.15, 0.2) is 5.38 Å². The number of anilines is 1. The highest BCUT2D eigenvalue weighted by Crippen LogP contribution is 2.27. The van der Waals surface area contributed by atoms with Crippen molar-refractivity contribution in [1.29, 1.82) is 0 Å². The fourth-order valence-corrected chi connectivity index (χ4v) is 3.62. The van der Waals surface area contributed by atoms with Crippen LogP contribution in [0.4, 0.5) is 5.13 Å². The molecule has 0 saturated heterocycles. The molecule has 0 unspecified atom stereocenters. The molecule has 1 N–H and O–H groups in total. The highest BCUT2D eigenvalue weighted by molar-refractivity contribution is 7.15. The van der Waals surface area contributed by atoms with Gasteiger partial charge in [-0.1, -0.05) is 6.92 Å². The van der Waals surface area contributed by atoms with Crippen LogP contribution in [0.1, 0.15) is 28.2 Å². The molecular formula is C13H20N4S2. The van der Waals surface area contributed by atoms with Gasteiger partial charge in [0.1, 0.15) is 0 Å². The molecule has 4 nitrogen and oxygen atoms in total. The van der Waals surface area contributed by atoms with Gasteiger partial charge in [-0.3, -0.25) is 0 Å². The summed E-state index contributed by atoms with van der Waals surface area (Å²) in [5.41, 5.74) is 2.32. The first-order valence-electron chi connectivity index (χ1n) is 6.39. The Kier molecular flexibility index (Phi) is 4.90. The van der Waals surface area contributed by atoms with Crippen molar-refractivity contribution in [1.82, 2.24) is 15.3 Å². The highest BCUT2D eigenvalue weighted by atomic mass is 32.1. The molecule has 0 aromatic carbocycles. The van der Waals surface area contributed by atoms with Crippen LogP contribution in [0.5, 0.6) is 0 Å². The summed E-state index contributed by atoms with van der Waals surface area (Å²) in [7, 11) is 4.05. The van der Waals surface area contributed by atoms with Gasteiger partial charge >= 0.3 is 0 Å². The average molecular weight is 296 g/mol. The lowest BCUT2D eigenvalue weighted by Gasteiger charge is -2.13. The van der Waals surface area contributed by atoms with Crippen molar-refractivity contribution in [3.05, 3.63) is 26.7 Å². The first kappa shape index (κ1) is 14.4. The molecule has 2 rings (SSSR count). The first-order valence-corrected chi connectivity index (χ1v) is 8.09. The van der Waals surface area contributed by atoms with E-state index < -0.39 is 0 Å². The number of hydrogen-bond donors (Lipinski definition) is 1. The smallest absolute Gasteiger partial charge is 0.185 e. The lowest BCUT2D eigenvalue weighted by atomic mass is 10.3. The Morgan fingerprint density at radius 2 is 2.16 bits per heavy atom. The van der Waals surface area contributed by atoms with Crippen LogP contribution in [-0.4, -0.2) is 24.1 Å². The predicted molar refractivity (Wildman–Crippen MR) is 83.2 cm³/mol. The van der Waals surface area contributed by atoms with E-state index in [0.717, 1.165) is 35.3 Å². The number of nitrogens with zero attached hydrogens (tertiary/aromatic N) is 3. The van der Waals surface area contributed by atoms with Crippen molar-refractivity contribution in [3.63, 3.8) is 0 Å². The molecule has 2 aromatic heterocycles. The molecule has 19 heavy (non-hydrogen) atoms. The number of rotatable bonds is 6. The second-order valence-electron chi connectivity index (χ2n) is 4.46.